The van der Waals surface area contributed by atoms with Crippen LogP contribution in [0.3, 0.4) is 0 Å². The average Bonchev–Trinajstić information content (AvgIpc) is 2.86. The Morgan fingerprint density at radius 2 is 1.89 bits per heavy atom. The normalized spacial score (nSPS) is 28.6. The van der Waals surface area contributed by atoms with Gasteiger partial charge in [0.15, 0.2) is 0 Å². The van der Waals surface area contributed by atoms with E-state index in [0.29, 0.717) is 41.8 Å². The number of para-hydroxylation sites is 1. The van der Waals surface area contributed by atoms with Crippen molar-refractivity contribution in [3.63, 3.8) is 0 Å². The Bertz CT molecular complexity index is 1050. The minimum absolute atomic E-state index is 0.231. The Hall–Kier alpha value is -2.89. The molecule has 6 rings (SSSR count). The maximum absolute atomic E-state index is 10.0. The number of aromatic hydroxyl groups is 1. The molecule has 0 saturated heterocycles. The molecule has 2 aromatic rings. The zero-order valence-electron chi connectivity index (χ0n) is 20.2. The molecular weight excluding hydrogens is 440 g/mol. The zero-order valence-corrected chi connectivity index (χ0v) is 20.2. The Kier molecular flexibility index (Phi) is 7.07. The number of aromatic nitrogens is 2. The first kappa shape index (κ1) is 23.8. The van der Waals surface area contributed by atoms with Gasteiger partial charge in [0.1, 0.15) is 23.2 Å². The lowest BCUT2D eigenvalue weighted by molar-refractivity contribution is -0.0692. The van der Waals surface area contributed by atoms with Crippen LogP contribution in [0.15, 0.2) is 30.5 Å². The van der Waals surface area contributed by atoms with Crippen molar-refractivity contribution in [3.05, 3.63) is 41.6 Å². The smallest absolute Gasteiger partial charge is 0.224 e. The molecule has 0 aliphatic heterocycles. The highest BCUT2D eigenvalue weighted by Gasteiger charge is 2.54. The SMILES string of the molecule is N#Cc1cnc(NCc2ccccc2O)nc1NCC12CC3C[C@H](C1)C(NCCCCO)[C@@H](C3)C2. The van der Waals surface area contributed by atoms with Crippen LogP contribution in [0, 0.1) is 34.5 Å². The second kappa shape index (κ2) is 10.4. The number of aliphatic hydroxyl groups excluding tert-OH is 1. The summed E-state index contributed by atoms with van der Waals surface area (Å²) in [7, 11) is 0. The minimum Gasteiger partial charge on any atom is -0.508 e. The highest BCUT2D eigenvalue weighted by Crippen LogP contribution is 2.60. The summed E-state index contributed by atoms with van der Waals surface area (Å²) in [5.41, 5.74) is 1.48. The second-order valence-corrected chi connectivity index (χ2v) is 10.8. The van der Waals surface area contributed by atoms with Gasteiger partial charge in [0.05, 0.1) is 6.20 Å². The van der Waals surface area contributed by atoms with Crippen LogP contribution < -0.4 is 16.0 Å². The van der Waals surface area contributed by atoms with Crippen LogP contribution in [0.25, 0.3) is 0 Å². The molecule has 4 saturated carbocycles. The van der Waals surface area contributed by atoms with E-state index in [1.165, 1.54) is 32.1 Å². The van der Waals surface area contributed by atoms with E-state index in [4.69, 9.17) is 5.11 Å². The van der Waals surface area contributed by atoms with E-state index >= 15 is 0 Å². The predicted octanol–water partition coefficient (Wildman–Crippen LogP) is 3.63. The Morgan fingerprint density at radius 3 is 2.63 bits per heavy atom. The van der Waals surface area contributed by atoms with Gasteiger partial charge >= 0.3 is 0 Å². The molecule has 1 aromatic carbocycles. The Balaban J connectivity index is 1.23. The molecule has 35 heavy (non-hydrogen) atoms. The van der Waals surface area contributed by atoms with Crippen LogP contribution in [0.4, 0.5) is 11.8 Å². The van der Waals surface area contributed by atoms with Gasteiger partial charge in [-0.25, -0.2) is 4.98 Å². The number of phenolic OH excluding ortho intramolecular Hbond substituents is 1. The minimum atomic E-state index is 0.231. The topological polar surface area (TPSA) is 126 Å². The molecule has 4 bridgehead atoms. The van der Waals surface area contributed by atoms with E-state index in [2.05, 4.69) is 32.0 Å². The van der Waals surface area contributed by atoms with E-state index in [0.717, 1.165) is 37.4 Å². The first-order chi connectivity index (χ1) is 17.1. The summed E-state index contributed by atoms with van der Waals surface area (Å²) in [6.45, 7) is 2.50. The number of hydrogen-bond acceptors (Lipinski definition) is 8. The average molecular weight is 477 g/mol. The van der Waals surface area contributed by atoms with E-state index in [-0.39, 0.29) is 17.8 Å². The predicted molar refractivity (Wildman–Crippen MR) is 135 cm³/mol. The Morgan fingerprint density at radius 1 is 1.09 bits per heavy atom. The molecule has 5 atom stereocenters. The van der Waals surface area contributed by atoms with Gasteiger partial charge in [-0.05, 0) is 80.7 Å². The summed E-state index contributed by atoms with van der Waals surface area (Å²) in [4.78, 5) is 8.90. The molecule has 1 heterocycles. The standard InChI is InChI=1S/C27H36N6O2/c28-14-22-16-31-26(30-15-19-5-1-2-6-23(19)35)33-25(22)32-17-27-11-18-9-20(12-27)24(21(10-18)13-27)29-7-3-4-8-34/h1-2,5-6,16,18,20-21,24,29,34-35H,3-4,7-13,15,17H2,(H2,30,31,32,33)/t18?,20-,21+,24?,27?. The number of phenols is 1. The lowest BCUT2D eigenvalue weighted by atomic mass is 9.48. The third kappa shape index (κ3) is 5.21. The number of anilines is 2. The fourth-order valence-corrected chi connectivity index (χ4v) is 7.04. The Labute approximate surface area is 207 Å². The number of rotatable bonds is 11. The van der Waals surface area contributed by atoms with Gasteiger partial charge < -0.3 is 26.2 Å². The third-order valence-electron chi connectivity index (χ3n) is 8.33. The van der Waals surface area contributed by atoms with E-state index in [1.54, 1.807) is 18.3 Å². The van der Waals surface area contributed by atoms with Crippen LogP contribution in [0.2, 0.25) is 0 Å². The molecule has 186 valence electrons. The number of benzene rings is 1. The molecule has 4 aliphatic rings. The van der Waals surface area contributed by atoms with Gasteiger partial charge in [-0.2, -0.15) is 10.2 Å². The van der Waals surface area contributed by atoms with Crippen molar-refractivity contribution in [2.45, 2.75) is 57.5 Å². The number of unbranched alkanes of at least 4 members (excludes halogenated alkanes) is 1. The summed E-state index contributed by atoms with van der Waals surface area (Å²) in [6.07, 6.45) is 9.82. The van der Waals surface area contributed by atoms with Crippen LogP contribution in [0.1, 0.15) is 56.1 Å². The van der Waals surface area contributed by atoms with Crippen molar-refractivity contribution < 1.29 is 10.2 Å². The molecule has 3 unspecified atom stereocenters. The maximum Gasteiger partial charge on any atom is 0.224 e. The van der Waals surface area contributed by atoms with Gasteiger partial charge in [-0.15, -0.1) is 0 Å². The number of nitrogens with zero attached hydrogens (tertiary/aromatic N) is 3. The lowest BCUT2D eigenvalue weighted by Crippen LogP contribution is -2.59. The number of hydrogen-bond donors (Lipinski definition) is 5. The first-order valence-corrected chi connectivity index (χ1v) is 12.9. The third-order valence-corrected chi connectivity index (χ3v) is 8.33. The molecule has 8 heteroatoms. The fourth-order valence-electron chi connectivity index (χ4n) is 7.04. The number of nitrogens with one attached hydrogen (secondary N) is 3. The van der Waals surface area contributed by atoms with Crippen LogP contribution in [-0.2, 0) is 6.54 Å². The van der Waals surface area contributed by atoms with E-state index in [9.17, 15) is 10.4 Å². The van der Waals surface area contributed by atoms with Gasteiger partial charge in [0, 0.05) is 31.3 Å². The van der Waals surface area contributed by atoms with Gasteiger partial charge in [-0.3, -0.25) is 0 Å². The molecule has 4 fully saturated rings. The highest BCUT2D eigenvalue weighted by atomic mass is 16.3. The fraction of sp³-hybridized carbons (Fsp3) is 0.593. The molecule has 5 N–H and O–H groups in total. The number of aliphatic hydroxyl groups is 1. The van der Waals surface area contributed by atoms with Crippen molar-refractivity contribution in [3.8, 4) is 11.8 Å². The van der Waals surface area contributed by atoms with Crippen molar-refractivity contribution in [1.82, 2.24) is 15.3 Å². The van der Waals surface area contributed by atoms with E-state index < -0.39 is 0 Å². The molecule has 0 radical (unpaired) electrons. The summed E-state index contributed by atoms with van der Waals surface area (Å²) >= 11 is 0. The second-order valence-electron chi connectivity index (χ2n) is 10.8. The van der Waals surface area contributed by atoms with Gasteiger partial charge in [-0.1, -0.05) is 18.2 Å². The monoisotopic (exact) mass is 476 g/mol. The molecule has 0 amide bonds. The summed E-state index contributed by atoms with van der Waals surface area (Å²) in [5, 5.41) is 39.2. The summed E-state index contributed by atoms with van der Waals surface area (Å²) in [6, 6.07) is 10.0. The molecule has 1 aromatic heterocycles. The molecule has 0 spiro atoms. The van der Waals surface area contributed by atoms with Crippen molar-refractivity contribution in [2.24, 2.45) is 23.2 Å². The van der Waals surface area contributed by atoms with E-state index in [1.807, 2.05) is 12.1 Å². The maximum atomic E-state index is 10.0. The largest absolute Gasteiger partial charge is 0.508 e. The van der Waals surface area contributed by atoms with Crippen LogP contribution in [-0.4, -0.2) is 45.9 Å². The lowest BCUT2D eigenvalue weighted by Gasteiger charge is -2.60. The summed E-state index contributed by atoms with van der Waals surface area (Å²) in [5.74, 6) is 3.49. The summed E-state index contributed by atoms with van der Waals surface area (Å²) < 4.78 is 0. The molecule has 8 nitrogen and oxygen atoms in total. The quantitative estimate of drug-likeness (QED) is 0.311. The molecule has 4 aliphatic carbocycles. The zero-order chi connectivity index (χ0) is 24.3. The van der Waals surface area contributed by atoms with Crippen LogP contribution in [0.5, 0.6) is 5.75 Å². The molecular formula is C27H36N6O2. The number of nitriles is 1. The van der Waals surface area contributed by atoms with Crippen LogP contribution >= 0.6 is 0 Å². The highest BCUT2D eigenvalue weighted by molar-refractivity contribution is 5.53. The van der Waals surface area contributed by atoms with Crippen molar-refractivity contribution in [1.29, 1.82) is 5.26 Å². The van der Waals surface area contributed by atoms with Gasteiger partial charge in [0.2, 0.25) is 5.95 Å². The van der Waals surface area contributed by atoms with Crippen molar-refractivity contribution >= 4 is 11.8 Å². The van der Waals surface area contributed by atoms with Crippen molar-refractivity contribution in [2.75, 3.05) is 30.3 Å². The van der Waals surface area contributed by atoms with Gasteiger partial charge in [0.25, 0.3) is 0 Å². The first-order valence-electron chi connectivity index (χ1n) is 12.9.